The molecule has 0 aromatic heterocycles. The Hall–Kier alpha value is 4.17. The van der Waals surface area contributed by atoms with Gasteiger partial charge in [-0.05, 0) is 0 Å². The van der Waals surface area contributed by atoms with Gasteiger partial charge in [-0.2, -0.15) is 0 Å². The van der Waals surface area contributed by atoms with Crippen LogP contribution in [0.4, 0.5) is 0 Å². The van der Waals surface area contributed by atoms with Crippen LogP contribution in [0.2, 0.25) is 0 Å². The minimum atomic E-state index is 0. The molecular formula is Au2S3Sb2. The van der Waals surface area contributed by atoms with E-state index >= 15 is 0 Å². The SMILES string of the molecule is [Au+3].[Au+3].[S-2].[S-2].[S-2].[Sb].[Sb]. The molecule has 0 amide bonds. The van der Waals surface area contributed by atoms with Crippen LogP contribution in [-0.4, -0.2) is 48.9 Å². The molecule has 0 unspecified atom stereocenters. The zero-order chi connectivity index (χ0) is 0. The normalized spacial score (nSPS) is 0. The summed E-state index contributed by atoms with van der Waals surface area (Å²) in [6, 6.07) is 0. The van der Waals surface area contributed by atoms with Crippen LogP contribution in [0.1, 0.15) is 0 Å². The van der Waals surface area contributed by atoms with E-state index in [9.17, 15) is 0 Å². The van der Waals surface area contributed by atoms with Crippen LogP contribution in [0.25, 0.3) is 0 Å². The third-order valence-corrected chi connectivity index (χ3v) is 0. The predicted octanol–water partition coefficient (Wildman–Crippen LogP) is -0.774. The van der Waals surface area contributed by atoms with Crippen molar-refractivity contribution in [2.75, 3.05) is 0 Å². The van der Waals surface area contributed by atoms with Crippen molar-refractivity contribution >= 4 is 89.3 Å². The molecule has 0 rings (SSSR count). The average molecular weight is 734 g/mol. The largest absolute Gasteiger partial charge is 3.00 e. The second kappa shape index (κ2) is 49.2. The number of hydrogen-bond donors (Lipinski definition) is 0. The Kier molecular flexibility index (Phi) is 467. The van der Waals surface area contributed by atoms with Gasteiger partial charge in [-0.3, -0.25) is 0 Å². The monoisotopic (exact) mass is 732 g/mol. The zero-order valence-electron chi connectivity index (χ0n) is 2.72. The van der Waals surface area contributed by atoms with Gasteiger partial charge in [0, 0.05) is 48.9 Å². The average Bonchev–Trinajstić information content (AvgIpc) is 0. The van der Waals surface area contributed by atoms with Gasteiger partial charge in [0.2, 0.25) is 0 Å². The maximum Gasteiger partial charge on any atom is 3.00 e. The van der Waals surface area contributed by atoms with E-state index in [4.69, 9.17) is 0 Å². The van der Waals surface area contributed by atoms with E-state index in [1.807, 2.05) is 0 Å². The Labute approximate surface area is 131 Å². The van der Waals surface area contributed by atoms with E-state index in [2.05, 4.69) is 0 Å². The second-order valence-electron chi connectivity index (χ2n) is 0. The molecule has 0 heterocycles. The van der Waals surface area contributed by atoms with Gasteiger partial charge in [-0.15, -0.1) is 0 Å². The topological polar surface area (TPSA) is 0 Å². The van der Waals surface area contributed by atoms with Gasteiger partial charge in [-0.25, -0.2) is 0 Å². The Morgan fingerprint density at radius 2 is 0.429 bits per heavy atom. The van der Waals surface area contributed by atoms with E-state index in [0.29, 0.717) is 0 Å². The van der Waals surface area contributed by atoms with Gasteiger partial charge in [0.25, 0.3) is 0 Å². The van der Waals surface area contributed by atoms with Crippen LogP contribution in [0, 0.1) is 0 Å². The van der Waals surface area contributed by atoms with Gasteiger partial charge in [0.05, 0.1) is 0 Å². The third-order valence-electron chi connectivity index (χ3n) is 0. The molecule has 0 aliphatic rings. The molecule has 0 atom stereocenters. The molecule has 0 nitrogen and oxygen atoms in total. The van der Waals surface area contributed by atoms with Gasteiger partial charge in [0.1, 0.15) is 0 Å². The quantitative estimate of drug-likeness (QED) is 0.288. The van der Waals surface area contributed by atoms with Crippen molar-refractivity contribution in [3.8, 4) is 0 Å². The second-order valence-corrected chi connectivity index (χ2v) is 0. The molecule has 0 aromatic carbocycles. The molecule has 7 heteroatoms. The maximum atomic E-state index is 0. The van der Waals surface area contributed by atoms with Crippen molar-refractivity contribution in [1.82, 2.24) is 0 Å². The molecule has 0 saturated heterocycles. The molecule has 7 heavy (non-hydrogen) atoms. The molecule has 0 aromatic rings. The first-order chi connectivity index (χ1) is 0. The van der Waals surface area contributed by atoms with Crippen molar-refractivity contribution in [2.24, 2.45) is 0 Å². The fraction of sp³-hybridized carbons (Fsp3) is 0. The smallest absolute Gasteiger partial charge is 2.00 e. The molecule has 0 fully saturated rings. The van der Waals surface area contributed by atoms with Crippen LogP contribution >= 0.6 is 0 Å². The van der Waals surface area contributed by atoms with Crippen molar-refractivity contribution in [3.05, 3.63) is 0 Å². The maximum absolute atomic E-state index is 0. The van der Waals surface area contributed by atoms with Gasteiger partial charge < -0.3 is 40.5 Å². The minimum Gasteiger partial charge on any atom is -2.00 e. The number of hydrogen-bond acceptors (Lipinski definition) is 0. The van der Waals surface area contributed by atoms with Crippen molar-refractivity contribution in [1.29, 1.82) is 0 Å². The Morgan fingerprint density at radius 1 is 0.429 bits per heavy atom. The van der Waals surface area contributed by atoms with Crippen LogP contribution in [0.3, 0.4) is 0 Å². The van der Waals surface area contributed by atoms with E-state index in [-0.39, 0.29) is 134 Å². The summed E-state index contributed by atoms with van der Waals surface area (Å²) in [6.07, 6.45) is 0. The van der Waals surface area contributed by atoms with E-state index in [0.717, 1.165) is 0 Å². The van der Waals surface area contributed by atoms with Crippen LogP contribution in [-0.2, 0) is 85.2 Å². The predicted molar refractivity (Wildman–Crippen MR) is 33.6 cm³/mol. The summed E-state index contributed by atoms with van der Waals surface area (Å²) in [5, 5.41) is 0. The first-order valence-electron chi connectivity index (χ1n) is 0. The van der Waals surface area contributed by atoms with E-state index in [1.54, 1.807) is 0 Å². The number of rotatable bonds is 0. The molecule has 0 spiro atoms. The first-order valence-corrected chi connectivity index (χ1v) is 0. The van der Waals surface area contributed by atoms with Gasteiger partial charge in [0.15, 0.2) is 0 Å². The van der Waals surface area contributed by atoms with Crippen LogP contribution in [0.15, 0.2) is 0 Å². The van der Waals surface area contributed by atoms with Gasteiger partial charge >= 0.3 is 44.8 Å². The Bertz CT molecular complexity index is 10.9. The molecule has 0 aliphatic carbocycles. The Balaban J connectivity index is 0. The first kappa shape index (κ1) is 66.5. The molecular weight excluding hydrogens is 734 g/mol. The molecule has 0 aliphatic heterocycles. The summed E-state index contributed by atoms with van der Waals surface area (Å²) >= 11 is 0. The molecule has 0 N–H and O–H groups in total. The summed E-state index contributed by atoms with van der Waals surface area (Å²) in [6.45, 7) is 0. The summed E-state index contributed by atoms with van der Waals surface area (Å²) < 4.78 is 0. The molecule has 0 saturated carbocycles. The molecule has 50 valence electrons. The van der Waals surface area contributed by atoms with Crippen molar-refractivity contribution < 1.29 is 44.8 Å². The van der Waals surface area contributed by atoms with E-state index < -0.39 is 0 Å². The van der Waals surface area contributed by atoms with Crippen LogP contribution in [0.5, 0.6) is 0 Å². The third kappa shape index (κ3) is 39.1. The minimum absolute atomic E-state index is 0. The zero-order valence-corrected chi connectivity index (χ0v) is 14.6. The van der Waals surface area contributed by atoms with E-state index in [1.165, 1.54) is 0 Å². The standard InChI is InChI=1S/2Au.3S.2Sb/q2*+3;3*-2;;. The summed E-state index contributed by atoms with van der Waals surface area (Å²) in [7, 11) is 0. The Morgan fingerprint density at radius 3 is 0.429 bits per heavy atom. The van der Waals surface area contributed by atoms with Gasteiger partial charge in [-0.1, -0.05) is 0 Å². The van der Waals surface area contributed by atoms with Crippen LogP contribution < -0.4 is 0 Å². The fourth-order valence-corrected chi connectivity index (χ4v) is 0. The summed E-state index contributed by atoms with van der Waals surface area (Å²) in [5.74, 6) is 0. The van der Waals surface area contributed by atoms with Crippen molar-refractivity contribution in [3.63, 3.8) is 0 Å². The summed E-state index contributed by atoms with van der Waals surface area (Å²) in [4.78, 5) is 0. The molecule has 0 bridgehead atoms. The summed E-state index contributed by atoms with van der Waals surface area (Å²) in [5.41, 5.74) is 0. The van der Waals surface area contributed by atoms with Crippen molar-refractivity contribution in [2.45, 2.75) is 0 Å². The molecule has 6 radical (unpaired) electrons. The fourth-order valence-electron chi connectivity index (χ4n) is 0.